The summed E-state index contributed by atoms with van der Waals surface area (Å²) in [6.45, 7) is 0. The molecule has 0 saturated heterocycles. The predicted octanol–water partition coefficient (Wildman–Crippen LogP) is 15.8. The second-order valence-corrected chi connectivity index (χ2v) is 15.7. The maximum absolute atomic E-state index is 6.27. The molecule has 12 aromatic rings. The standard InChI is InChI=1S/C58H36N2O/c1-2-11-37(12-3-1)38-21-23-40(24-22-38)53-36-54(46-16-10-15-43(33-46)44-30-31-50-49-19-8-9-20-55(49)61-56(50)35-44)60-58(59-53)42-27-25-41(26-28-42)57-48-18-7-5-14-45(48)34-52-47-17-6-4-13-39(47)29-32-51(52)57/h1-36H. The molecule has 61 heavy (non-hydrogen) atoms. The minimum atomic E-state index is 0.675. The first-order valence-electron chi connectivity index (χ1n) is 20.7. The van der Waals surface area contributed by atoms with E-state index in [0.29, 0.717) is 5.82 Å². The van der Waals surface area contributed by atoms with Gasteiger partial charge in [0.05, 0.1) is 11.4 Å². The van der Waals surface area contributed by atoms with E-state index in [1.165, 1.54) is 43.4 Å². The van der Waals surface area contributed by atoms with Crippen LogP contribution in [0.15, 0.2) is 223 Å². The molecule has 3 nitrogen and oxygen atoms in total. The zero-order valence-electron chi connectivity index (χ0n) is 33.1. The molecular weight excluding hydrogens is 741 g/mol. The highest BCUT2D eigenvalue weighted by Gasteiger charge is 2.16. The molecule has 0 bridgehead atoms. The Labute approximate surface area is 352 Å². The maximum Gasteiger partial charge on any atom is 0.160 e. The molecule has 0 fully saturated rings. The van der Waals surface area contributed by atoms with E-state index < -0.39 is 0 Å². The van der Waals surface area contributed by atoms with Gasteiger partial charge in [-0.15, -0.1) is 0 Å². The molecule has 0 radical (unpaired) electrons. The molecule has 0 unspecified atom stereocenters. The third-order valence-corrected chi connectivity index (χ3v) is 12.1. The molecule has 2 heterocycles. The lowest BCUT2D eigenvalue weighted by Crippen LogP contribution is -1.96. The van der Waals surface area contributed by atoms with Crippen LogP contribution in [0.3, 0.4) is 0 Å². The summed E-state index contributed by atoms with van der Waals surface area (Å²) in [5, 5.41) is 9.71. The number of hydrogen-bond acceptors (Lipinski definition) is 3. The molecule has 0 amide bonds. The fraction of sp³-hybridized carbons (Fsp3) is 0. The van der Waals surface area contributed by atoms with Crippen molar-refractivity contribution in [2.45, 2.75) is 0 Å². The van der Waals surface area contributed by atoms with E-state index in [-0.39, 0.29) is 0 Å². The van der Waals surface area contributed by atoms with Crippen LogP contribution in [0.2, 0.25) is 0 Å². The van der Waals surface area contributed by atoms with E-state index in [1.807, 2.05) is 18.2 Å². The minimum absolute atomic E-state index is 0.675. The van der Waals surface area contributed by atoms with Crippen LogP contribution < -0.4 is 0 Å². The third kappa shape index (κ3) is 6.14. The SMILES string of the molecule is c1ccc(-c2ccc(-c3cc(-c4cccc(-c5ccc6c(c5)oc5ccccc56)c4)nc(-c4ccc(-c5c6ccccc6cc6c5ccc5ccccc56)cc4)n3)cc2)cc1. The molecule has 0 aliphatic rings. The van der Waals surface area contributed by atoms with Crippen LogP contribution >= 0.6 is 0 Å². The number of hydrogen-bond donors (Lipinski definition) is 0. The Balaban J connectivity index is 0.978. The minimum Gasteiger partial charge on any atom is -0.456 e. The zero-order valence-corrected chi connectivity index (χ0v) is 33.1. The molecule has 12 rings (SSSR count). The second kappa shape index (κ2) is 14.3. The molecule has 0 spiro atoms. The molecule has 0 aliphatic heterocycles. The van der Waals surface area contributed by atoms with Crippen molar-refractivity contribution in [3.63, 3.8) is 0 Å². The van der Waals surface area contributed by atoms with Crippen molar-refractivity contribution in [1.82, 2.24) is 9.97 Å². The molecule has 3 heteroatoms. The summed E-state index contributed by atoms with van der Waals surface area (Å²) in [6, 6.07) is 77.6. The van der Waals surface area contributed by atoms with Crippen LogP contribution in [0.25, 0.3) is 122 Å². The monoisotopic (exact) mass is 776 g/mol. The zero-order chi connectivity index (χ0) is 40.3. The first-order chi connectivity index (χ1) is 30.2. The molecule has 0 saturated carbocycles. The molecule has 2 aromatic heterocycles. The topological polar surface area (TPSA) is 38.9 Å². The number of para-hydroxylation sites is 1. The third-order valence-electron chi connectivity index (χ3n) is 12.1. The quantitative estimate of drug-likeness (QED) is 0.125. The lowest BCUT2D eigenvalue weighted by Gasteiger charge is -2.15. The van der Waals surface area contributed by atoms with Crippen molar-refractivity contribution < 1.29 is 4.42 Å². The van der Waals surface area contributed by atoms with Crippen LogP contribution in [-0.4, -0.2) is 9.97 Å². The van der Waals surface area contributed by atoms with Gasteiger partial charge in [0.25, 0.3) is 0 Å². The summed E-state index contributed by atoms with van der Waals surface area (Å²) in [4.78, 5) is 10.5. The fourth-order valence-electron chi connectivity index (χ4n) is 9.02. The smallest absolute Gasteiger partial charge is 0.160 e. The Morgan fingerprint density at radius 3 is 1.66 bits per heavy atom. The molecule has 0 atom stereocenters. The number of aromatic nitrogens is 2. The summed E-state index contributed by atoms with van der Waals surface area (Å²) in [5.74, 6) is 0.675. The molecule has 10 aromatic carbocycles. The Kier molecular flexibility index (Phi) is 8.17. The highest BCUT2D eigenvalue weighted by molar-refractivity contribution is 6.20. The van der Waals surface area contributed by atoms with Gasteiger partial charge in [0, 0.05) is 27.5 Å². The van der Waals surface area contributed by atoms with Gasteiger partial charge in [0.2, 0.25) is 0 Å². The van der Waals surface area contributed by atoms with E-state index >= 15 is 0 Å². The van der Waals surface area contributed by atoms with Gasteiger partial charge in [-0.25, -0.2) is 9.97 Å². The van der Waals surface area contributed by atoms with Crippen LogP contribution in [-0.2, 0) is 0 Å². The lowest BCUT2D eigenvalue weighted by atomic mass is 9.89. The van der Waals surface area contributed by atoms with Crippen LogP contribution in [0.1, 0.15) is 0 Å². The molecule has 0 N–H and O–H groups in total. The largest absolute Gasteiger partial charge is 0.456 e. The summed E-state index contributed by atoms with van der Waals surface area (Å²) in [6.07, 6.45) is 0. The van der Waals surface area contributed by atoms with Crippen LogP contribution in [0.5, 0.6) is 0 Å². The van der Waals surface area contributed by atoms with Gasteiger partial charge in [-0.1, -0.05) is 182 Å². The van der Waals surface area contributed by atoms with E-state index in [9.17, 15) is 0 Å². The normalized spacial score (nSPS) is 11.6. The van der Waals surface area contributed by atoms with Crippen LogP contribution in [0.4, 0.5) is 0 Å². The molecule has 0 aliphatic carbocycles. The summed E-state index contributed by atoms with van der Waals surface area (Å²) in [5.41, 5.74) is 13.4. The van der Waals surface area contributed by atoms with Gasteiger partial charge in [-0.2, -0.15) is 0 Å². The van der Waals surface area contributed by atoms with Gasteiger partial charge >= 0.3 is 0 Å². The van der Waals surface area contributed by atoms with Gasteiger partial charge in [0.1, 0.15) is 11.2 Å². The first kappa shape index (κ1) is 34.9. The van der Waals surface area contributed by atoms with E-state index in [4.69, 9.17) is 14.4 Å². The van der Waals surface area contributed by atoms with Crippen molar-refractivity contribution in [1.29, 1.82) is 0 Å². The van der Waals surface area contributed by atoms with Crippen molar-refractivity contribution >= 4 is 54.3 Å². The molecule has 284 valence electrons. The fourth-order valence-corrected chi connectivity index (χ4v) is 9.02. The lowest BCUT2D eigenvalue weighted by molar-refractivity contribution is 0.669. The number of furan rings is 1. The second-order valence-electron chi connectivity index (χ2n) is 15.7. The van der Waals surface area contributed by atoms with Gasteiger partial charge in [-0.05, 0) is 102 Å². The number of benzene rings is 10. The Morgan fingerprint density at radius 1 is 0.262 bits per heavy atom. The summed E-state index contributed by atoms with van der Waals surface area (Å²) >= 11 is 0. The van der Waals surface area contributed by atoms with E-state index in [2.05, 4.69) is 200 Å². The van der Waals surface area contributed by atoms with Crippen LogP contribution in [0, 0.1) is 0 Å². The summed E-state index contributed by atoms with van der Waals surface area (Å²) < 4.78 is 6.27. The number of rotatable bonds is 6. The Bertz CT molecular complexity index is 3620. The van der Waals surface area contributed by atoms with Crippen molar-refractivity contribution in [3.05, 3.63) is 218 Å². The number of fused-ring (bicyclic) bond motifs is 7. The number of nitrogens with zero attached hydrogens (tertiary/aromatic N) is 2. The predicted molar refractivity (Wildman–Crippen MR) is 254 cm³/mol. The maximum atomic E-state index is 6.27. The van der Waals surface area contributed by atoms with Crippen molar-refractivity contribution in [2.24, 2.45) is 0 Å². The van der Waals surface area contributed by atoms with Gasteiger partial charge in [-0.3, -0.25) is 0 Å². The van der Waals surface area contributed by atoms with Crippen molar-refractivity contribution in [2.75, 3.05) is 0 Å². The summed E-state index contributed by atoms with van der Waals surface area (Å²) in [7, 11) is 0. The average molecular weight is 777 g/mol. The molecular formula is C58H36N2O. The van der Waals surface area contributed by atoms with E-state index in [1.54, 1.807) is 0 Å². The highest BCUT2D eigenvalue weighted by Crippen LogP contribution is 2.40. The Morgan fingerprint density at radius 2 is 0.820 bits per heavy atom. The Hall–Kier alpha value is -8.14. The first-order valence-corrected chi connectivity index (χ1v) is 20.7. The van der Waals surface area contributed by atoms with Crippen molar-refractivity contribution in [3.8, 4) is 67.3 Å². The highest BCUT2D eigenvalue weighted by atomic mass is 16.3. The average Bonchev–Trinajstić information content (AvgIpc) is 3.71. The van der Waals surface area contributed by atoms with Gasteiger partial charge in [0.15, 0.2) is 5.82 Å². The van der Waals surface area contributed by atoms with E-state index in [0.717, 1.165) is 72.3 Å². The van der Waals surface area contributed by atoms with Gasteiger partial charge < -0.3 is 4.42 Å².